The van der Waals surface area contributed by atoms with Crippen molar-refractivity contribution in [3.05, 3.63) is 205 Å². The third-order valence-electron chi connectivity index (χ3n) is 11.1. The zero-order valence-electron chi connectivity index (χ0n) is 30.2. The molecule has 1 atom stereocenters. The van der Waals surface area contributed by atoms with Crippen molar-refractivity contribution in [2.24, 2.45) is 9.98 Å². The van der Waals surface area contributed by atoms with Crippen LogP contribution in [0.5, 0.6) is 0 Å². The number of amidine groups is 2. The fourth-order valence-corrected chi connectivity index (χ4v) is 8.51. The number of hydrogen-bond acceptors (Lipinski definition) is 3. The van der Waals surface area contributed by atoms with Gasteiger partial charge in [-0.2, -0.15) is 0 Å². The molecule has 0 fully saturated rings. The van der Waals surface area contributed by atoms with Gasteiger partial charge in [0.1, 0.15) is 12.0 Å². The van der Waals surface area contributed by atoms with Gasteiger partial charge >= 0.3 is 0 Å². The molecule has 0 bridgehead atoms. The van der Waals surface area contributed by atoms with Crippen molar-refractivity contribution < 1.29 is 0 Å². The fourth-order valence-electron chi connectivity index (χ4n) is 8.51. The lowest BCUT2D eigenvalue weighted by Gasteiger charge is -2.32. The Kier molecular flexibility index (Phi) is 7.07. The number of para-hydroxylation sites is 3. The van der Waals surface area contributed by atoms with Gasteiger partial charge in [0, 0.05) is 51.1 Å². The molecular weight excluding hydrogens is 671 g/mol. The molecule has 10 aromatic rings. The number of aromatic nitrogens is 2. The molecule has 0 saturated carbocycles. The molecule has 0 amide bonds. The average Bonchev–Trinajstić information content (AvgIpc) is 3.75. The highest BCUT2D eigenvalue weighted by Crippen LogP contribution is 2.40. The van der Waals surface area contributed by atoms with E-state index in [0.717, 1.165) is 39.7 Å². The Balaban J connectivity index is 1.06. The largest absolute Gasteiger partial charge is 0.333 e. The van der Waals surface area contributed by atoms with Crippen LogP contribution in [-0.4, -0.2) is 32.8 Å². The molecule has 0 radical (unpaired) electrons. The van der Waals surface area contributed by atoms with Gasteiger partial charge < -0.3 is 14.0 Å². The van der Waals surface area contributed by atoms with Gasteiger partial charge in [-0.25, -0.2) is 9.98 Å². The number of nitrogens with zero attached hydrogens (tertiary/aromatic N) is 5. The van der Waals surface area contributed by atoms with Crippen molar-refractivity contribution >= 4 is 66.1 Å². The second-order valence-electron chi connectivity index (χ2n) is 14.3. The third-order valence-corrected chi connectivity index (χ3v) is 11.1. The normalized spacial score (nSPS) is 14.6. The standard InChI is InChI=1S/C50H35N5/c1-53-49(34-15-4-2-5-16-34)51-48(37-25-24-33-14-8-9-17-36(33)30-37)52-50(53)35-26-28-39(29-27-35)55-45-23-13-11-21-41(45)43-31-46-42(32-47(43)55)40-20-10-12-22-44(40)54(46)38-18-6-3-7-19-38/h2-32,49H,1H3. The summed E-state index contributed by atoms with van der Waals surface area (Å²) in [6.45, 7) is 0. The number of rotatable bonds is 5. The molecule has 5 nitrogen and oxygen atoms in total. The van der Waals surface area contributed by atoms with E-state index in [4.69, 9.17) is 9.98 Å². The molecule has 0 saturated heterocycles. The van der Waals surface area contributed by atoms with E-state index in [2.05, 4.69) is 209 Å². The summed E-state index contributed by atoms with van der Waals surface area (Å²) in [5.74, 6) is 1.62. The van der Waals surface area contributed by atoms with E-state index in [-0.39, 0.29) is 6.17 Å². The summed E-state index contributed by atoms with van der Waals surface area (Å²) in [5.41, 5.74) is 10.2. The van der Waals surface area contributed by atoms with Gasteiger partial charge in [-0.05, 0) is 83.1 Å². The summed E-state index contributed by atoms with van der Waals surface area (Å²) in [6.07, 6.45) is -0.215. The van der Waals surface area contributed by atoms with Gasteiger partial charge in [-0.15, -0.1) is 0 Å². The second kappa shape index (κ2) is 12.4. The van der Waals surface area contributed by atoms with Crippen LogP contribution < -0.4 is 0 Å². The van der Waals surface area contributed by atoms with E-state index in [1.807, 2.05) is 0 Å². The molecule has 0 aliphatic carbocycles. The van der Waals surface area contributed by atoms with E-state index in [1.165, 1.54) is 54.4 Å². The number of aliphatic imine (C=N–C) groups is 2. The Labute approximate surface area is 318 Å². The molecule has 260 valence electrons. The highest BCUT2D eigenvalue weighted by molar-refractivity contribution is 6.19. The number of hydrogen-bond donors (Lipinski definition) is 0. The van der Waals surface area contributed by atoms with Gasteiger partial charge in [-0.1, -0.05) is 121 Å². The van der Waals surface area contributed by atoms with Crippen LogP contribution >= 0.6 is 0 Å². The summed E-state index contributed by atoms with van der Waals surface area (Å²) in [6, 6.07) is 67.2. The van der Waals surface area contributed by atoms with Crippen LogP contribution in [-0.2, 0) is 0 Å². The van der Waals surface area contributed by atoms with Crippen molar-refractivity contribution in [3.8, 4) is 11.4 Å². The minimum Gasteiger partial charge on any atom is -0.333 e. The Morgan fingerprint density at radius 2 is 0.945 bits per heavy atom. The van der Waals surface area contributed by atoms with Crippen molar-refractivity contribution in [2.75, 3.05) is 7.05 Å². The van der Waals surface area contributed by atoms with Crippen LogP contribution in [0.3, 0.4) is 0 Å². The summed E-state index contributed by atoms with van der Waals surface area (Å²) in [5, 5.41) is 7.31. The Hall–Kier alpha value is -7.24. The summed E-state index contributed by atoms with van der Waals surface area (Å²) < 4.78 is 4.80. The van der Waals surface area contributed by atoms with E-state index in [0.29, 0.717) is 0 Å². The van der Waals surface area contributed by atoms with Crippen LogP contribution in [0.1, 0.15) is 22.9 Å². The Bertz CT molecular complexity index is 3150. The molecule has 0 spiro atoms. The molecule has 1 aliphatic heterocycles. The van der Waals surface area contributed by atoms with Crippen LogP contribution in [0, 0.1) is 0 Å². The van der Waals surface area contributed by atoms with Crippen molar-refractivity contribution in [1.82, 2.24) is 14.0 Å². The molecule has 0 N–H and O–H groups in total. The first kappa shape index (κ1) is 31.3. The quantitative estimate of drug-likeness (QED) is 0.176. The topological polar surface area (TPSA) is 37.8 Å². The van der Waals surface area contributed by atoms with Gasteiger partial charge in [0.05, 0.1) is 22.1 Å². The zero-order chi connectivity index (χ0) is 36.5. The molecule has 2 aromatic heterocycles. The van der Waals surface area contributed by atoms with Crippen molar-refractivity contribution in [1.29, 1.82) is 0 Å². The van der Waals surface area contributed by atoms with Gasteiger partial charge in [0.25, 0.3) is 0 Å². The van der Waals surface area contributed by atoms with Crippen molar-refractivity contribution in [3.63, 3.8) is 0 Å². The highest BCUT2D eigenvalue weighted by Gasteiger charge is 2.27. The average molecular weight is 706 g/mol. The monoisotopic (exact) mass is 705 g/mol. The summed E-state index contributed by atoms with van der Waals surface area (Å²) in [4.78, 5) is 12.7. The Morgan fingerprint density at radius 1 is 0.418 bits per heavy atom. The van der Waals surface area contributed by atoms with Gasteiger partial charge in [-0.3, -0.25) is 0 Å². The van der Waals surface area contributed by atoms with E-state index < -0.39 is 0 Å². The van der Waals surface area contributed by atoms with Gasteiger partial charge in [0.2, 0.25) is 0 Å². The predicted molar refractivity (Wildman–Crippen MR) is 229 cm³/mol. The lowest BCUT2D eigenvalue weighted by atomic mass is 10.0. The lowest BCUT2D eigenvalue weighted by Crippen LogP contribution is -2.35. The van der Waals surface area contributed by atoms with Crippen LogP contribution in [0.15, 0.2) is 198 Å². The number of benzene rings is 8. The fraction of sp³-hybridized carbons (Fsp3) is 0.0400. The van der Waals surface area contributed by atoms with E-state index in [9.17, 15) is 0 Å². The maximum Gasteiger partial charge on any atom is 0.159 e. The maximum atomic E-state index is 5.25. The van der Waals surface area contributed by atoms with E-state index >= 15 is 0 Å². The maximum absolute atomic E-state index is 5.25. The predicted octanol–water partition coefficient (Wildman–Crippen LogP) is 11.9. The minimum absolute atomic E-state index is 0.215. The highest BCUT2D eigenvalue weighted by atomic mass is 15.3. The lowest BCUT2D eigenvalue weighted by molar-refractivity contribution is 0.383. The molecule has 55 heavy (non-hydrogen) atoms. The first-order valence-corrected chi connectivity index (χ1v) is 18.8. The minimum atomic E-state index is -0.215. The number of fused-ring (bicyclic) bond motifs is 7. The molecule has 3 heterocycles. The molecule has 1 aliphatic rings. The first-order valence-electron chi connectivity index (χ1n) is 18.8. The second-order valence-corrected chi connectivity index (χ2v) is 14.3. The molecular formula is C50H35N5. The SMILES string of the molecule is CN1C(c2ccc(-n3c4ccccc4c4cc5c(cc43)c3ccccc3n5-c3ccccc3)cc2)=NC(c2ccc3ccccc3c2)=NC1c1ccccc1. The van der Waals surface area contributed by atoms with Crippen molar-refractivity contribution in [2.45, 2.75) is 6.17 Å². The van der Waals surface area contributed by atoms with Crippen LogP contribution in [0.25, 0.3) is 65.8 Å². The van der Waals surface area contributed by atoms with Crippen LogP contribution in [0.2, 0.25) is 0 Å². The Morgan fingerprint density at radius 3 is 1.60 bits per heavy atom. The summed E-state index contributed by atoms with van der Waals surface area (Å²) in [7, 11) is 2.09. The first-order chi connectivity index (χ1) is 27.2. The molecule has 5 heteroatoms. The molecule has 11 rings (SSSR count). The van der Waals surface area contributed by atoms with Crippen LogP contribution in [0.4, 0.5) is 0 Å². The third kappa shape index (κ3) is 5.01. The molecule has 1 unspecified atom stereocenters. The van der Waals surface area contributed by atoms with E-state index in [1.54, 1.807) is 0 Å². The zero-order valence-corrected chi connectivity index (χ0v) is 30.2. The molecule has 8 aromatic carbocycles. The summed E-state index contributed by atoms with van der Waals surface area (Å²) >= 11 is 0. The van der Waals surface area contributed by atoms with Gasteiger partial charge in [0.15, 0.2) is 5.84 Å². The smallest absolute Gasteiger partial charge is 0.159 e.